The van der Waals surface area contributed by atoms with Gasteiger partial charge in [-0.05, 0) is 43.7 Å². The molecule has 2 rings (SSSR count). The molecule has 0 aliphatic rings. The van der Waals surface area contributed by atoms with E-state index in [0.29, 0.717) is 12.1 Å². The van der Waals surface area contributed by atoms with Crippen LogP contribution in [0, 0.1) is 6.92 Å². The van der Waals surface area contributed by atoms with Crippen LogP contribution in [0.25, 0.3) is 0 Å². The molecule has 0 unspecified atom stereocenters. The van der Waals surface area contributed by atoms with E-state index in [-0.39, 0.29) is 5.91 Å². The Morgan fingerprint density at radius 1 is 1.16 bits per heavy atom. The minimum Gasteiger partial charge on any atom is -0.308 e. The van der Waals surface area contributed by atoms with E-state index in [1.165, 1.54) is 0 Å². The van der Waals surface area contributed by atoms with Crippen LogP contribution in [0.2, 0.25) is 0 Å². The summed E-state index contributed by atoms with van der Waals surface area (Å²) in [4.78, 5) is 15.2. The first-order valence-electron chi connectivity index (χ1n) is 6.30. The Balaban J connectivity index is 2.38. The molecule has 2 nitrogen and oxygen atoms in total. The number of carbonyl (C=O) groups excluding carboxylic acids is 1. The van der Waals surface area contributed by atoms with Gasteiger partial charge in [0.25, 0.3) is 5.91 Å². The standard InChI is InChI=1S/C16H17NOS/c1-3-17(15-10-5-4-7-12(15)2)16(18)13-8-6-9-14(19)11-13/h4-11,19H,3H2,1-2H3. The summed E-state index contributed by atoms with van der Waals surface area (Å²) in [6.07, 6.45) is 0. The molecule has 3 heteroatoms. The summed E-state index contributed by atoms with van der Waals surface area (Å²) in [5.74, 6) is 0.00713. The number of carbonyl (C=O) groups is 1. The van der Waals surface area contributed by atoms with Gasteiger partial charge in [-0.1, -0.05) is 24.3 Å². The van der Waals surface area contributed by atoms with Crippen LogP contribution in [-0.2, 0) is 0 Å². The third kappa shape index (κ3) is 2.99. The lowest BCUT2D eigenvalue weighted by atomic mass is 10.1. The van der Waals surface area contributed by atoms with E-state index in [1.54, 1.807) is 11.0 Å². The molecule has 0 fully saturated rings. The van der Waals surface area contributed by atoms with Crippen molar-refractivity contribution in [3.8, 4) is 0 Å². The predicted molar refractivity (Wildman–Crippen MR) is 82.2 cm³/mol. The molecular weight excluding hydrogens is 254 g/mol. The van der Waals surface area contributed by atoms with Crippen LogP contribution >= 0.6 is 12.6 Å². The normalized spacial score (nSPS) is 10.3. The van der Waals surface area contributed by atoms with Crippen molar-refractivity contribution in [2.45, 2.75) is 18.7 Å². The van der Waals surface area contributed by atoms with Gasteiger partial charge < -0.3 is 4.90 Å². The van der Waals surface area contributed by atoms with Crippen molar-refractivity contribution in [1.29, 1.82) is 0 Å². The van der Waals surface area contributed by atoms with Gasteiger partial charge in [0, 0.05) is 22.7 Å². The van der Waals surface area contributed by atoms with Gasteiger partial charge in [-0.2, -0.15) is 0 Å². The van der Waals surface area contributed by atoms with Gasteiger partial charge in [0.15, 0.2) is 0 Å². The van der Waals surface area contributed by atoms with E-state index >= 15 is 0 Å². The molecule has 0 saturated carbocycles. The van der Waals surface area contributed by atoms with E-state index in [0.717, 1.165) is 16.1 Å². The minimum atomic E-state index is 0.00713. The lowest BCUT2D eigenvalue weighted by Crippen LogP contribution is -2.31. The maximum absolute atomic E-state index is 12.6. The summed E-state index contributed by atoms with van der Waals surface area (Å²) >= 11 is 4.28. The minimum absolute atomic E-state index is 0.00713. The molecule has 0 heterocycles. The van der Waals surface area contributed by atoms with Crippen molar-refractivity contribution < 1.29 is 4.79 Å². The zero-order valence-corrected chi connectivity index (χ0v) is 12.0. The first kappa shape index (κ1) is 13.7. The van der Waals surface area contributed by atoms with Crippen molar-refractivity contribution in [3.05, 3.63) is 59.7 Å². The van der Waals surface area contributed by atoms with E-state index in [2.05, 4.69) is 12.6 Å². The maximum Gasteiger partial charge on any atom is 0.258 e. The van der Waals surface area contributed by atoms with Gasteiger partial charge in [0.05, 0.1) is 0 Å². The molecular formula is C16H17NOS. The Morgan fingerprint density at radius 3 is 2.53 bits per heavy atom. The number of rotatable bonds is 3. The highest BCUT2D eigenvalue weighted by Crippen LogP contribution is 2.22. The smallest absolute Gasteiger partial charge is 0.258 e. The predicted octanol–water partition coefficient (Wildman–Crippen LogP) is 3.95. The molecule has 2 aromatic carbocycles. The van der Waals surface area contributed by atoms with Crippen LogP contribution in [0.4, 0.5) is 5.69 Å². The highest BCUT2D eigenvalue weighted by Gasteiger charge is 2.17. The van der Waals surface area contributed by atoms with Crippen LogP contribution in [0.15, 0.2) is 53.4 Å². The quantitative estimate of drug-likeness (QED) is 0.838. The van der Waals surface area contributed by atoms with Crippen LogP contribution in [0.1, 0.15) is 22.8 Å². The van der Waals surface area contributed by atoms with E-state index in [4.69, 9.17) is 0 Å². The van der Waals surface area contributed by atoms with Gasteiger partial charge in [-0.25, -0.2) is 0 Å². The molecule has 1 amide bonds. The fraction of sp³-hybridized carbons (Fsp3) is 0.188. The lowest BCUT2D eigenvalue weighted by molar-refractivity contribution is 0.0988. The maximum atomic E-state index is 12.6. The van der Waals surface area contributed by atoms with Gasteiger partial charge in [-0.3, -0.25) is 4.79 Å². The number of anilines is 1. The second kappa shape index (κ2) is 5.93. The van der Waals surface area contributed by atoms with Crippen molar-refractivity contribution >= 4 is 24.2 Å². The summed E-state index contributed by atoms with van der Waals surface area (Å²) < 4.78 is 0. The molecule has 0 saturated heterocycles. The summed E-state index contributed by atoms with van der Waals surface area (Å²) in [5, 5.41) is 0. The molecule has 2 aromatic rings. The number of benzene rings is 2. The Bertz CT molecular complexity index is 595. The van der Waals surface area contributed by atoms with Gasteiger partial charge >= 0.3 is 0 Å². The van der Waals surface area contributed by atoms with E-state index < -0.39 is 0 Å². The molecule has 0 radical (unpaired) electrons. The average molecular weight is 271 g/mol. The number of thiol groups is 1. The fourth-order valence-electron chi connectivity index (χ4n) is 2.08. The largest absolute Gasteiger partial charge is 0.308 e. The van der Waals surface area contributed by atoms with Crippen molar-refractivity contribution in [2.24, 2.45) is 0 Å². The van der Waals surface area contributed by atoms with Crippen LogP contribution in [0.3, 0.4) is 0 Å². The van der Waals surface area contributed by atoms with Crippen molar-refractivity contribution in [3.63, 3.8) is 0 Å². The zero-order valence-electron chi connectivity index (χ0n) is 11.1. The Labute approximate surface area is 119 Å². The lowest BCUT2D eigenvalue weighted by Gasteiger charge is -2.23. The SMILES string of the molecule is CCN(C(=O)c1cccc(S)c1)c1ccccc1C. The first-order valence-corrected chi connectivity index (χ1v) is 6.74. The number of hydrogen-bond donors (Lipinski definition) is 1. The third-order valence-corrected chi connectivity index (χ3v) is 3.34. The highest BCUT2D eigenvalue weighted by molar-refractivity contribution is 7.80. The third-order valence-electron chi connectivity index (χ3n) is 3.06. The Kier molecular flexibility index (Phi) is 4.27. The molecule has 98 valence electrons. The van der Waals surface area contributed by atoms with Crippen LogP contribution in [-0.4, -0.2) is 12.5 Å². The van der Waals surface area contributed by atoms with Crippen molar-refractivity contribution in [2.75, 3.05) is 11.4 Å². The number of nitrogens with zero attached hydrogens (tertiary/aromatic N) is 1. The first-order chi connectivity index (χ1) is 9.13. The molecule has 0 spiro atoms. The fourth-order valence-corrected chi connectivity index (χ4v) is 2.31. The number of hydrogen-bond acceptors (Lipinski definition) is 2. The summed E-state index contributed by atoms with van der Waals surface area (Å²) in [6.45, 7) is 4.63. The van der Waals surface area contributed by atoms with Gasteiger partial charge in [0.2, 0.25) is 0 Å². The summed E-state index contributed by atoms with van der Waals surface area (Å²) in [7, 11) is 0. The molecule has 0 aromatic heterocycles. The van der Waals surface area contributed by atoms with Gasteiger partial charge in [0.1, 0.15) is 0 Å². The summed E-state index contributed by atoms with van der Waals surface area (Å²) in [5.41, 5.74) is 2.72. The molecule has 19 heavy (non-hydrogen) atoms. The molecule has 0 aliphatic carbocycles. The molecule has 0 aliphatic heterocycles. The monoisotopic (exact) mass is 271 g/mol. The molecule has 0 bridgehead atoms. The number of aryl methyl sites for hydroxylation is 1. The van der Waals surface area contributed by atoms with E-state index in [9.17, 15) is 4.79 Å². The second-order valence-electron chi connectivity index (χ2n) is 4.39. The van der Waals surface area contributed by atoms with Crippen LogP contribution in [0.5, 0.6) is 0 Å². The van der Waals surface area contributed by atoms with Crippen molar-refractivity contribution in [1.82, 2.24) is 0 Å². The van der Waals surface area contributed by atoms with Gasteiger partial charge in [-0.15, -0.1) is 12.6 Å². The molecule has 0 atom stereocenters. The molecule has 0 N–H and O–H groups in total. The average Bonchev–Trinajstić information content (AvgIpc) is 2.41. The highest BCUT2D eigenvalue weighted by atomic mass is 32.1. The second-order valence-corrected chi connectivity index (χ2v) is 4.90. The Hall–Kier alpha value is -1.74. The summed E-state index contributed by atoms with van der Waals surface area (Å²) in [6, 6.07) is 15.3. The zero-order chi connectivity index (χ0) is 13.8. The number of amides is 1. The Morgan fingerprint density at radius 2 is 1.89 bits per heavy atom. The number of para-hydroxylation sites is 1. The van der Waals surface area contributed by atoms with E-state index in [1.807, 2.05) is 56.3 Å². The topological polar surface area (TPSA) is 20.3 Å². The van der Waals surface area contributed by atoms with Crippen LogP contribution < -0.4 is 4.90 Å².